The fourth-order valence-electron chi connectivity index (χ4n) is 1.13. The van der Waals surface area contributed by atoms with Gasteiger partial charge in [-0.15, -0.1) is 0 Å². The van der Waals surface area contributed by atoms with Crippen molar-refractivity contribution in [1.29, 1.82) is 0 Å². The Bertz CT molecular complexity index is 666. The highest BCUT2D eigenvalue weighted by Gasteiger charge is 2.31. The first-order valence-electron chi connectivity index (χ1n) is 5.03. The number of hydrogen-bond donors (Lipinski definition) is 3. The molecule has 11 heteroatoms. The van der Waals surface area contributed by atoms with E-state index < -0.39 is 45.5 Å². The molecule has 0 atom stereocenters. The highest BCUT2D eigenvalue weighted by molar-refractivity contribution is 7.88. The number of nitrogens with one attached hydrogen (secondary N) is 3. The first-order valence-corrected chi connectivity index (χ1v) is 6.92. The minimum absolute atomic E-state index is 0.456. The zero-order valence-corrected chi connectivity index (χ0v) is 10.9. The van der Waals surface area contributed by atoms with E-state index in [1.165, 1.54) is 0 Å². The van der Waals surface area contributed by atoms with Gasteiger partial charge in [0.05, 0.1) is 18.4 Å². The molecule has 0 saturated carbocycles. The molecule has 20 heavy (non-hydrogen) atoms. The monoisotopic (exact) mass is 313 g/mol. The molecule has 0 spiro atoms. The molecule has 0 saturated heterocycles. The van der Waals surface area contributed by atoms with Crippen LogP contribution in [-0.4, -0.2) is 32.1 Å². The van der Waals surface area contributed by atoms with Gasteiger partial charge in [-0.05, 0) is 6.07 Å². The minimum Gasteiger partial charge on any atom is -0.327 e. The van der Waals surface area contributed by atoms with Crippen LogP contribution in [0, 0.1) is 0 Å². The van der Waals surface area contributed by atoms with Crippen LogP contribution >= 0.6 is 0 Å². The van der Waals surface area contributed by atoms with Gasteiger partial charge in [-0.3, -0.25) is 9.59 Å². The number of aromatic amines is 1. The lowest BCUT2D eigenvalue weighted by molar-refractivity contribution is -0.137. The maximum absolute atomic E-state index is 12.4. The molecule has 1 aromatic heterocycles. The topological polar surface area (TPSA) is 108 Å². The van der Waals surface area contributed by atoms with Crippen molar-refractivity contribution in [2.45, 2.75) is 6.18 Å². The van der Waals surface area contributed by atoms with E-state index in [-0.39, 0.29) is 0 Å². The number of aromatic nitrogens is 1. The number of rotatable bonds is 4. The molecule has 0 radical (unpaired) electrons. The Kier molecular flexibility index (Phi) is 4.55. The molecular weight excluding hydrogens is 303 g/mol. The second-order valence-electron chi connectivity index (χ2n) is 3.77. The Balaban J connectivity index is 2.87. The number of H-pyrrole nitrogens is 1. The molecule has 0 aromatic carbocycles. The Hall–Kier alpha value is -1.88. The normalized spacial score (nSPS) is 12.2. The number of hydrogen-bond acceptors (Lipinski definition) is 4. The average Bonchev–Trinajstić information content (AvgIpc) is 2.27. The SMILES string of the molecule is CS(=O)(=O)NCC(=O)Nc1cc(C(F)(F)F)c[nH]c1=O. The number of amides is 1. The molecule has 7 nitrogen and oxygen atoms in total. The van der Waals surface area contributed by atoms with E-state index in [0.717, 1.165) is 6.26 Å². The number of pyridine rings is 1. The highest BCUT2D eigenvalue weighted by atomic mass is 32.2. The van der Waals surface area contributed by atoms with Crippen molar-refractivity contribution in [1.82, 2.24) is 9.71 Å². The average molecular weight is 313 g/mol. The molecule has 0 aliphatic heterocycles. The van der Waals surface area contributed by atoms with Crippen LogP contribution in [0.15, 0.2) is 17.1 Å². The van der Waals surface area contributed by atoms with E-state index in [0.29, 0.717) is 12.3 Å². The molecule has 1 heterocycles. The summed E-state index contributed by atoms with van der Waals surface area (Å²) >= 11 is 0. The van der Waals surface area contributed by atoms with Crippen LogP contribution in [0.2, 0.25) is 0 Å². The van der Waals surface area contributed by atoms with Crippen molar-refractivity contribution in [3.8, 4) is 0 Å². The van der Waals surface area contributed by atoms with Crippen LogP contribution in [0.5, 0.6) is 0 Å². The maximum atomic E-state index is 12.4. The van der Waals surface area contributed by atoms with Crippen molar-refractivity contribution in [3.63, 3.8) is 0 Å². The van der Waals surface area contributed by atoms with Gasteiger partial charge in [0.1, 0.15) is 5.69 Å². The van der Waals surface area contributed by atoms with Crippen LogP contribution in [0.4, 0.5) is 18.9 Å². The second-order valence-corrected chi connectivity index (χ2v) is 5.60. The summed E-state index contributed by atoms with van der Waals surface area (Å²) in [6, 6.07) is 0.456. The number of anilines is 1. The van der Waals surface area contributed by atoms with Crippen molar-refractivity contribution < 1.29 is 26.4 Å². The van der Waals surface area contributed by atoms with Gasteiger partial charge in [0.25, 0.3) is 5.56 Å². The molecule has 1 rings (SSSR count). The zero-order chi connectivity index (χ0) is 15.6. The number of carbonyl (C=O) groups is 1. The fourth-order valence-corrected chi connectivity index (χ4v) is 1.52. The molecule has 0 unspecified atom stereocenters. The number of halogens is 3. The molecular formula is C9H10F3N3O4S. The van der Waals surface area contributed by atoms with E-state index in [1.807, 2.05) is 15.0 Å². The molecule has 1 amide bonds. The number of sulfonamides is 1. The summed E-state index contributed by atoms with van der Waals surface area (Å²) in [4.78, 5) is 24.4. The lowest BCUT2D eigenvalue weighted by Gasteiger charge is -2.09. The largest absolute Gasteiger partial charge is 0.417 e. The molecule has 0 aliphatic rings. The fraction of sp³-hybridized carbons (Fsp3) is 0.333. The Morgan fingerprint density at radius 1 is 1.40 bits per heavy atom. The Morgan fingerprint density at radius 3 is 2.50 bits per heavy atom. The summed E-state index contributed by atoms with van der Waals surface area (Å²) in [6.07, 6.45) is -3.42. The van der Waals surface area contributed by atoms with Crippen LogP contribution in [0.25, 0.3) is 0 Å². The van der Waals surface area contributed by atoms with Gasteiger partial charge in [-0.2, -0.15) is 13.2 Å². The zero-order valence-electron chi connectivity index (χ0n) is 10.0. The standard InChI is InChI=1S/C9H10F3N3O4S/c1-20(18,19)14-4-7(16)15-6-2-5(9(10,11)12)3-13-8(6)17/h2-3,14H,4H2,1H3,(H,13,17)(H,15,16). The van der Waals surface area contributed by atoms with Gasteiger partial charge < -0.3 is 10.3 Å². The summed E-state index contributed by atoms with van der Waals surface area (Å²) in [5.41, 5.74) is -2.71. The molecule has 3 N–H and O–H groups in total. The van der Waals surface area contributed by atoms with Gasteiger partial charge in [0, 0.05) is 6.20 Å². The lowest BCUT2D eigenvalue weighted by atomic mass is 10.2. The molecule has 1 aromatic rings. The maximum Gasteiger partial charge on any atom is 0.417 e. The third-order valence-corrected chi connectivity index (χ3v) is 2.67. The van der Waals surface area contributed by atoms with Crippen molar-refractivity contribution >= 4 is 21.6 Å². The summed E-state index contributed by atoms with van der Waals surface area (Å²) < 4.78 is 60.5. The minimum atomic E-state index is -4.69. The quantitative estimate of drug-likeness (QED) is 0.720. The van der Waals surface area contributed by atoms with Gasteiger partial charge in [0.2, 0.25) is 15.9 Å². The van der Waals surface area contributed by atoms with E-state index in [9.17, 15) is 31.2 Å². The molecule has 0 aliphatic carbocycles. The third kappa shape index (κ3) is 5.01. The number of carbonyl (C=O) groups excluding carboxylic acids is 1. The second kappa shape index (κ2) is 5.63. The van der Waals surface area contributed by atoms with Gasteiger partial charge in [-0.25, -0.2) is 13.1 Å². The van der Waals surface area contributed by atoms with E-state index >= 15 is 0 Å². The van der Waals surface area contributed by atoms with Crippen LogP contribution in [-0.2, 0) is 21.0 Å². The summed E-state index contributed by atoms with van der Waals surface area (Å²) in [6.45, 7) is -0.700. The first-order chi connectivity index (χ1) is 8.99. The van der Waals surface area contributed by atoms with Crippen molar-refractivity contribution in [2.24, 2.45) is 0 Å². The lowest BCUT2D eigenvalue weighted by Crippen LogP contribution is -2.33. The number of alkyl halides is 3. The van der Waals surface area contributed by atoms with Crippen LogP contribution < -0.4 is 15.6 Å². The van der Waals surface area contributed by atoms with E-state index in [4.69, 9.17) is 0 Å². The first kappa shape index (κ1) is 16.2. The van der Waals surface area contributed by atoms with Crippen LogP contribution in [0.1, 0.15) is 5.56 Å². The molecule has 112 valence electrons. The summed E-state index contributed by atoms with van der Waals surface area (Å²) in [7, 11) is -3.63. The van der Waals surface area contributed by atoms with Crippen molar-refractivity contribution in [3.05, 3.63) is 28.2 Å². The van der Waals surface area contributed by atoms with Crippen LogP contribution in [0.3, 0.4) is 0 Å². The van der Waals surface area contributed by atoms with Gasteiger partial charge in [0.15, 0.2) is 0 Å². The predicted octanol–water partition coefficient (Wildman–Crippen LogP) is -0.119. The smallest absolute Gasteiger partial charge is 0.327 e. The van der Waals surface area contributed by atoms with E-state index in [1.54, 1.807) is 0 Å². The highest BCUT2D eigenvalue weighted by Crippen LogP contribution is 2.28. The molecule has 0 bridgehead atoms. The van der Waals surface area contributed by atoms with Gasteiger partial charge >= 0.3 is 6.18 Å². The predicted molar refractivity (Wildman–Crippen MR) is 63.5 cm³/mol. The van der Waals surface area contributed by atoms with Crippen molar-refractivity contribution in [2.75, 3.05) is 18.1 Å². The molecule has 0 fully saturated rings. The third-order valence-electron chi connectivity index (χ3n) is 2.00. The Morgan fingerprint density at radius 2 is 2.00 bits per heavy atom. The van der Waals surface area contributed by atoms with E-state index in [2.05, 4.69) is 0 Å². The van der Waals surface area contributed by atoms with Gasteiger partial charge in [-0.1, -0.05) is 0 Å². The Labute approximate surface area is 111 Å². The summed E-state index contributed by atoms with van der Waals surface area (Å²) in [5, 5.41) is 1.89. The summed E-state index contributed by atoms with van der Waals surface area (Å²) in [5.74, 6) is -0.972.